The third-order valence-corrected chi connectivity index (χ3v) is 4.28. The molecule has 0 bridgehead atoms. The van der Waals surface area contributed by atoms with Crippen molar-refractivity contribution in [2.75, 3.05) is 37.0 Å². The minimum Gasteiger partial charge on any atom is -0.480 e. The quantitative estimate of drug-likeness (QED) is 0.721. The normalized spacial score (nSPS) is 23.1. The SMILES string of the molecule is COC(=O)c1ccc2c(c1)N(C)C(=O)C1CNCC(C(=O)O)N21. The first kappa shape index (κ1) is 15.3. The van der Waals surface area contributed by atoms with Crippen LogP contribution in [0.5, 0.6) is 0 Å². The summed E-state index contributed by atoms with van der Waals surface area (Å²) in [5.41, 5.74) is 1.44. The Hall–Kier alpha value is -2.61. The van der Waals surface area contributed by atoms with Crippen molar-refractivity contribution >= 4 is 29.2 Å². The number of rotatable bonds is 2. The van der Waals surface area contributed by atoms with Crippen LogP contribution in [0.15, 0.2) is 18.2 Å². The molecule has 1 saturated heterocycles. The van der Waals surface area contributed by atoms with Crippen LogP contribution in [0.25, 0.3) is 0 Å². The summed E-state index contributed by atoms with van der Waals surface area (Å²) in [7, 11) is 2.90. The molecule has 1 amide bonds. The Labute approximate surface area is 132 Å². The summed E-state index contributed by atoms with van der Waals surface area (Å²) in [6, 6.07) is 3.38. The van der Waals surface area contributed by atoms with Crippen LogP contribution < -0.4 is 15.1 Å². The highest BCUT2D eigenvalue weighted by atomic mass is 16.5. The zero-order chi connectivity index (χ0) is 16.7. The maximum Gasteiger partial charge on any atom is 0.337 e. The Morgan fingerprint density at radius 2 is 2.04 bits per heavy atom. The van der Waals surface area contributed by atoms with Gasteiger partial charge < -0.3 is 25.0 Å². The van der Waals surface area contributed by atoms with Gasteiger partial charge in [0, 0.05) is 20.1 Å². The van der Waals surface area contributed by atoms with Gasteiger partial charge in [-0.3, -0.25) is 4.79 Å². The van der Waals surface area contributed by atoms with Crippen molar-refractivity contribution in [3.05, 3.63) is 23.8 Å². The number of hydrogen-bond acceptors (Lipinski definition) is 6. The number of amides is 1. The second kappa shape index (κ2) is 5.54. The lowest BCUT2D eigenvalue weighted by molar-refractivity contribution is -0.139. The summed E-state index contributed by atoms with van der Waals surface area (Å²) >= 11 is 0. The third kappa shape index (κ3) is 2.31. The van der Waals surface area contributed by atoms with E-state index in [1.165, 1.54) is 12.0 Å². The molecular formula is C15H17N3O5. The number of fused-ring (bicyclic) bond motifs is 3. The molecule has 3 rings (SSSR count). The van der Waals surface area contributed by atoms with Gasteiger partial charge in [0.1, 0.15) is 12.1 Å². The molecule has 1 aromatic carbocycles. The molecule has 2 atom stereocenters. The fraction of sp³-hybridized carbons (Fsp3) is 0.400. The molecule has 0 spiro atoms. The van der Waals surface area contributed by atoms with E-state index in [1.54, 1.807) is 30.1 Å². The summed E-state index contributed by atoms with van der Waals surface area (Å²) in [4.78, 5) is 38.9. The maximum atomic E-state index is 12.6. The fourth-order valence-corrected chi connectivity index (χ4v) is 3.12. The number of carbonyl (C=O) groups excluding carboxylic acids is 2. The summed E-state index contributed by atoms with van der Waals surface area (Å²) in [5, 5.41) is 12.4. The van der Waals surface area contributed by atoms with Crippen LogP contribution in [0.4, 0.5) is 11.4 Å². The number of esters is 1. The minimum absolute atomic E-state index is 0.210. The number of carboxylic acid groups (broad SMARTS) is 1. The first-order chi connectivity index (χ1) is 11.0. The molecule has 8 nitrogen and oxygen atoms in total. The molecule has 2 unspecified atom stereocenters. The molecule has 2 N–H and O–H groups in total. The second-order valence-corrected chi connectivity index (χ2v) is 5.53. The van der Waals surface area contributed by atoms with E-state index in [0.29, 0.717) is 23.5 Å². The van der Waals surface area contributed by atoms with Crippen LogP contribution in [0.2, 0.25) is 0 Å². The number of ether oxygens (including phenoxy) is 1. The van der Waals surface area contributed by atoms with Gasteiger partial charge in [0.15, 0.2) is 0 Å². The lowest BCUT2D eigenvalue weighted by Crippen LogP contribution is -2.67. The van der Waals surface area contributed by atoms with Crippen LogP contribution in [-0.4, -0.2) is 62.3 Å². The summed E-state index contributed by atoms with van der Waals surface area (Å²) < 4.78 is 4.70. The third-order valence-electron chi connectivity index (χ3n) is 4.28. The van der Waals surface area contributed by atoms with Crippen LogP contribution in [0.3, 0.4) is 0 Å². The van der Waals surface area contributed by atoms with Gasteiger partial charge in [-0.2, -0.15) is 0 Å². The van der Waals surface area contributed by atoms with E-state index in [0.717, 1.165) is 0 Å². The Bertz CT molecular complexity index is 690. The van der Waals surface area contributed by atoms with Gasteiger partial charge in [0.05, 0.1) is 24.0 Å². The number of carboxylic acids is 1. The van der Waals surface area contributed by atoms with E-state index in [1.807, 2.05) is 0 Å². The van der Waals surface area contributed by atoms with E-state index >= 15 is 0 Å². The van der Waals surface area contributed by atoms with Crippen molar-refractivity contribution in [3.8, 4) is 0 Å². The Morgan fingerprint density at radius 1 is 1.30 bits per heavy atom. The van der Waals surface area contributed by atoms with Crippen molar-refractivity contribution in [1.82, 2.24) is 5.32 Å². The highest BCUT2D eigenvalue weighted by Gasteiger charge is 2.44. The molecule has 0 radical (unpaired) electrons. The predicted octanol–water partition coefficient (Wildman–Crippen LogP) is -0.319. The molecule has 2 aliphatic rings. The van der Waals surface area contributed by atoms with Crippen molar-refractivity contribution in [2.45, 2.75) is 12.1 Å². The molecular weight excluding hydrogens is 302 g/mol. The monoisotopic (exact) mass is 319 g/mol. The van der Waals surface area contributed by atoms with Crippen molar-refractivity contribution in [2.24, 2.45) is 0 Å². The Kier molecular flexibility index (Phi) is 3.69. The number of benzene rings is 1. The van der Waals surface area contributed by atoms with Gasteiger partial charge in [0.2, 0.25) is 0 Å². The van der Waals surface area contributed by atoms with Gasteiger partial charge >= 0.3 is 11.9 Å². The maximum absolute atomic E-state index is 12.6. The highest BCUT2D eigenvalue weighted by Crippen LogP contribution is 2.38. The minimum atomic E-state index is -0.998. The zero-order valence-electron chi connectivity index (χ0n) is 12.8. The van der Waals surface area contributed by atoms with E-state index in [4.69, 9.17) is 4.74 Å². The van der Waals surface area contributed by atoms with Crippen molar-refractivity contribution in [3.63, 3.8) is 0 Å². The number of likely N-dealkylation sites (N-methyl/N-ethyl adjacent to an activating group) is 1. The van der Waals surface area contributed by atoms with Crippen LogP contribution in [-0.2, 0) is 14.3 Å². The van der Waals surface area contributed by atoms with Crippen LogP contribution in [0.1, 0.15) is 10.4 Å². The average molecular weight is 319 g/mol. The fourth-order valence-electron chi connectivity index (χ4n) is 3.12. The number of nitrogens with zero attached hydrogens (tertiary/aromatic N) is 2. The standard InChI is InChI=1S/C15H17N3O5/c1-17-10-5-8(15(22)23-2)3-4-9(10)18-11(13(17)19)6-16-7-12(18)14(20)21/h3-5,11-12,16H,6-7H2,1-2H3,(H,20,21). The van der Waals surface area contributed by atoms with Gasteiger partial charge in [0.25, 0.3) is 5.91 Å². The molecule has 0 aliphatic carbocycles. The average Bonchev–Trinajstić information content (AvgIpc) is 2.57. The summed E-state index contributed by atoms with van der Waals surface area (Å²) in [6.45, 7) is 0.631. The van der Waals surface area contributed by atoms with E-state index < -0.39 is 24.0 Å². The number of carbonyl (C=O) groups is 3. The summed E-state index contributed by atoms with van der Waals surface area (Å²) in [6.07, 6.45) is 0. The van der Waals surface area contributed by atoms with Crippen LogP contribution in [0, 0.1) is 0 Å². The van der Waals surface area contributed by atoms with Gasteiger partial charge in [-0.05, 0) is 18.2 Å². The van der Waals surface area contributed by atoms with Gasteiger partial charge in [-0.15, -0.1) is 0 Å². The predicted molar refractivity (Wildman–Crippen MR) is 81.8 cm³/mol. The molecule has 2 heterocycles. The largest absolute Gasteiger partial charge is 0.480 e. The molecule has 1 aromatic rings. The van der Waals surface area contributed by atoms with Crippen LogP contribution >= 0.6 is 0 Å². The number of piperazine rings is 1. The molecule has 1 fully saturated rings. The molecule has 8 heteroatoms. The molecule has 23 heavy (non-hydrogen) atoms. The number of methoxy groups -OCH3 is 1. The molecule has 2 aliphatic heterocycles. The van der Waals surface area contributed by atoms with E-state index in [2.05, 4.69) is 5.32 Å². The number of aliphatic carboxylic acids is 1. The first-order valence-corrected chi connectivity index (χ1v) is 7.17. The van der Waals surface area contributed by atoms with E-state index in [9.17, 15) is 19.5 Å². The van der Waals surface area contributed by atoms with Crippen molar-refractivity contribution < 1.29 is 24.2 Å². The number of anilines is 2. The van der Waals surface area contributed by atoms with Crippen molar-refractivity contribution in [1.29, 1.82) is 0 Å². The molecule has 0 aromatic heterocycles. The lowest BCUT2D eigenvalue weighted by Gasteiger charge is -2.47. The van der Waals surface area contributed by atoms with Gasteiger partial charge in [-0.1, -0.05) is 0 Å². The molecule has 122 valence electrons. The smallest absolute Gasteiger partial charge is 0.337 e. The molecule has 0 saturated carbocycles. The zero-order valence-corrected chi connectivity index (χ0v) is 12.8. The number of hydrogen-bond donors (Lipinski definition) is 2. The first-order valence-electron chi connectivity index (χ1n) is 7.17. The summed E-state index contributed by atoms with van der Waals surface area (Å²) in [5.74, 6) is -1.72. The topological polar surface area (TPSA) is 99.2 Å². The number of nitrogens with one attached hydrogen (secondary N) is 1. The Balaban J connectivity index is 2.12. The second-order valence-electron chi connectivity index (χ2n) is 5.53. The Morgan fingerprint density at radius 3 is 2.70 bits per heavy atom. The van der Waals surface area contributed by atoms with Gasteiger partial charge in [-0.25, -0.2) is 9.59 Å². The highest BCUT2D eigenvalue weighted by molar-refractivity contribution is 6.08. The van der Waals surface area contributed by atoms with E-state index in [-0.39, 0.29) is 12.5 Å². The lowest BCUT2D eigenvalue weighted by atomic mass is 9.99.